The predicted molar refractivity (Wildman–Crippen MR) is 82.9 cm³/mol. The van der Waals surface area contributed by atoms with E-state index in [4.69, 9.17) is 17.3 Å². The van der Waals surface area contributed by atoms with Gasteiger partial charge in [0.1, 0.15) is 0 Å². The Morgan fingerprint density at radius 3 is 2.62 bits per heavy atom. The maximum atomic E-state index is 6.06. The molecule has 0 saturated heterocycles. The van der Waals surface area contributed by atoms with Crippen LogP contribution in [-0.2, 0) is 0 Å². The van der Waals surface area contributed by atoms with Crippen LogP contribution in [0.15, 0.2) is 48.5 Å². The van der Waals surface area contributed by atoms with Crippen molar-refractivity contribution in [3.63, 3.8) is 0 Å². The molecule has 1 unspecified atom stereocenters. The van der Waals surface area contributed by atoms with Crippen molar-refractivity contribution in [2.24, 2.45) is 0 Å². The van der Waals surface area contributed by atoms with Gasteiger partial charge in [0, 0.05) is 16.3 Å². The minimum absolute atomic E-state index is 0.0106. The molecule has 0 radical (unpaired) electrons. The fraction of sp³-hybridized carbons (Fsp3) is 0.133. The van der Waals surface area contributed by atoms with Gasteiger partial charge in [-0.2, -0.15) is 0 Å². The number of aromatic nitrogens is 4. The second-order valence-corrected chi connectivity index (χ2v) is 5.24. The highest BCUT2D eigenvalue weighted by molar-refractivity contribution is 6.31. The molecule has 0 bridgehead atoms. The van der Waals surface area contributed by atoms with E-state index in [1.165, 1.54) is 0 Å². The van der Waals surface area contributed by atoms with Gasteiger partial charge in [-0.1, -0.05) is 41.9 Å². The summed E-state index contributed by atoms with van der Waals surface area (Å²) in [5.41, 5.74) is 8.35. The van der Waals surface area contributed by atoms with Crippen LogP contribution in [0.4, 0.5) is 5.69 Å². The lowest BCUT2D eigenvalue weighted by molar-refractivity contribution is 0.548. The number of nitrogen functional groups attached to an aromatic ring is 1. The van der Waals surface area contributed by atoms with Crippen LogP contribution in [0.25, 0.3) is 11.4 Å². The standard InChI is InChI=1S/C15H14ClN5/c1-10(11-5-3-2-4-6-11)21-15(18-19-20-21)12-7-13(16)9-14(17)8-12/h2-10H,17H2,1H3. The maximum Gasteiger partial charge on any atom is 0.182 e. The molecule has 2 N–H and O–H groups in total. The van der Waals surface area contributed by atoms with Crippen LogP contribution < -0.4 is 5.73 Å². The number of hydrogen-bond acceptors (Lipinski definition) is 4. The molecule has 0 aliphatic heterocycles. The Morgan fingerprint density at radius 2 is 1.90 bits per heavy atom. The number of halogens is 1. The summed E-state index contributed by atoms with van der Waals surface area (Å²) >= 11 is 6.06. The van der Waals surface area contributed by atoms with Crippen LogP contribution in [-0.4, -0.2) is 20.2 Å². The topological polar surface area (TPSA) is 69.6 Å². The van der Waals surface area contributed by atoms with E-state index in [0.717, 1.165) is 11.1 Å². The summed E-state index contributed by atoms with van der Waals surface area (Å²) in [5, 5.41) is 12.5. The average molecular weight is 300 g/mol. The molecule has 6 heteroatoms. The van der Waals surface area contributed by atoms with Crippen LogP contribution >= 0.6 is 11.6 Å². The number of hydrogen-bond donors (Lipinski definition) is 1. The summed E-state index contributed by atoms with van der Waals surface area (Å²) < 4.78 is 1.76. The Bertz CT molecular complexity index is 734. The highest BCUT2D eigenvalue weighted by atomic mass is 35.5. The summed E-state index contributed by atoms with van der Waals surface area (Å²) in [5.74, 6) is 0.639. The molecular formula is C15H14ClN5. The van der Waals surface area contributed by atoms with E-state index in [0.29, 0.717) is 16.5 Å². The molecule has 0 fully saturated rings. The predicted octanol–water partition coefficient (Wildman–Crippen LogP) is 3.19. The van der Waals surface area contributed by atoms with Crippen molar-refractivity contribution in [3.05, 3.63) is 59.1 Å². The molecule has 1 heterocycles. The van der Waals surface area contributed by atoms with Gasteiger partial charge in [-0.3, -0.25) is 0 Å². The smallest absolute Gasteiger partial charge is 0.182 e. The number of rotatable bonds is 3. The van der Waals surface area contributed by atoms with Crippen molar-refractivity contribution in [1.29, 1.82) is 0 Å². The van der Waals surface area contributed by atoms with Crippen molar-refractivity contribution in [2.45, 2.75) is 13.0 Å². The van der Waals surface area contributed by atoms with Crippen molar-refractivity contribution in [1.82, 2.24) is 20.2 Å². The fourth-order valence-corrected chi connectivity index (χ4v) is 2.50. The van der Waals surface area contributed by atoms with Crippen molar-refractivity contribution in [3.8, 4) is 11.4 Å². The average Bonchev–Trinajstić information content (AvgIpc) is 2.96. The first-order valence-corrected chi connectivity index (χ1v) is 6.92. The summed E-state index contributed by atoms with van der Waals surface area (Å²) in [6.45, 7) is 2.04. The van der Waals surface area contributed by atoms with Gasteiger partial charge in [0.05, 0.1) is 6.04 Å². The van der Waals surface area contributed by atoms with Crippen LogP contribution in [0, 0.1) is 0 Å². The van der Waals surface area contributed by atoms with E-state index in [-0.39, 0.29) is 6.04 Å². The largest absolute Gasteiger partial charge is 0.399 e. The summed E-state index contributed by atoms with van der Waals surface area (Å²) in [4.78, 5) is 0. The second kappa shape index (κ2) is 5.54. The molecule has 1 atom stereocenters. The second-order valence-electron chi connectivity index (χ2n) is 4.81. The van der Waals surface area contributed by atoms with Gasteiger partial charge in [-0.15, -0.1) is 5.10 Å². The quantitative estimate of drug-likeness (QED) is 0.754. The Morgan fingerprint density at radius 1 is 1.14 bits per heavy atom. The molecule has 0 spiro atoms. The lowest BCUT2D eigenvalue weighted by Gasteiger charge is -2.14. The summed E-state index contributed by atoms with van der Waals surface area (Å²) in [7, 11) is 0. The lowest BCUT2D eigenvalue weighted by Crippen LogP contribution is -2.10. The van der Waals surface area contributed by atoms with E-state index in [1.807, 2.05) is 43.3 Å². The monoisotopic (exact) mass is 299 g/mol. The van der Waals surface area contributed by atoms with Gasteiger partial charge in [-0.05, 0) is 41.1 Å². The van der Waals surface area contributed by atoms with Crippen LogP contribution in [0.3, 0.4) is 0 Å². The SMILES string of the molecule is CC(c1ccccc1)n1nnnc1-c1cc(N)cc(Cl)c1. The third-order valence-electron chi connectivity index (χ3n) is 3.32. The maximum absolute atomic E-state index is 6.06. The van der Waals surface area contributed by atoms with Gasteiger partial charge in [0.2, 0.25) is 0 Å². The molecule has 3 aromatic rings. The number of benzene rings is 2. The number of nitrogens with two attached hydrogens (primary N) is 1. The Hall–Kier alpha value is -2.40. The minimum atomic E-state index is 0.0106. The van der Waals surface area contributed by atoms with Gasteiger partial charge >= 0.3 is 0 Å². The first-order chi connectivity index (χ1) is 10.1. The molecule has 106 valence electrons. The number of nitrogens with zero attached hydrogens (tertiary/aromatic N) is 4. The Labute approximate surface area is 127 Å². The highest BCUT2D eigenvalue weighted by Crippen LogP contribution is 2.27. The number of anilines is 1. The van der Waals surface area contributed by atoms with E-state index in [1.54, 1.807) is 16.8 Å². The van der Waals surface area contributed by atoms with E-state index in [9.17, 15) is 0 Å². The lowest BCUT2D eigenvalue weighted by atomic mass is 10.1. The zero-order chi connectivity index (χ0) is 14.8. The van der Waals surface area contributed by atoms with Crippen molar-refractivity contribution in [2.75, 3.05) is 5.73 Å². The summed E-state index contributed by atoms with van der Waals surface area (Å²) in [6.07, 6.45) is 0. The number of tetrazole rings is 1. The zero-order valence-electron chi connectivity index (χ0n) is 11.4. The molecule has 5 nitrogen and oxygen atoms in total. The van der Waals surface area contributed by atoms with Crippen LogP contribution in [0.2, 0.25) is 5.02 Å². The third kappa shape index (κ3) is 2.73. The highest BCUT2D eigenvalue weighted by Gasteiger charge is 2.16. The first kappa shape index (κ1) is 13.6. The molecule has 0 saturated carbocycles. The first-order valence-electron chi connectivity index (χ1n) is 6.54. The van der Waals surface area contributed by atoms with Crippen molar-refractivity contribution >= 4 is 17.3 Å². The third-order valence-corrected chi connectivity index (χ3v) is 3.54. The van der Waals surface area contributed by atoms with E-state index < -0.39 is 0 Å². The zero-order valence-corrected chi connectivity index (χ0v) is 12.2. The molecule has 3 rings (SSSR count). The molecule has 0 aliphatic rings. The van der Waals surface area contributed by atoms with Gasteiger partial charge in [0.25, 0.3) is 0 Å². The molecule has 0 aliphatic carbocycles. The minimum Gasteiger partial charge on any atom is -0.399 e. The molecule has 1 aromatic heterocycles. The Kier molecular flexibility index (Phi) is 3.58. The van der Waals surface area contributed by atoms with E-state index >= 15 is 0 Å². The van der Waals surface area contributed by atoms with Gasteiger partial charge in [-0.25, -0.2) is 4.68 Å². The van der Waals surface area contributed by atoms with Crippen LogP contribution in [0.5, 0.6) is 0 Å². The fourth-order valence-electron chi connectivity index (χ4n) is 2.26. The van der Waals surface area contributed by atoms with Crippen LogP contribution in [0.1, 0.15) is 18.5 Å². The molecule has 21 heavy (non-hydrogen) atoms. The van der Waals surface area contributed by atoms with E-state index in [2.05, 4.69) is 15.5 Å². The normalized spacial score (nSPS) is 12.3. The molecule has 2 aromatic carbocycles. The molecular weight excluding hydrogens is 286 g/mol. The summed E-state index contributed by atoms with van der Waals surface area (Å²) in [6, 6.07) is 15.4. The molecule has 0 amide bonds. The Balaban J connectivity index is 2.05. The van der Waals surface area contributed by atoms with Gasteiger partial charge in [0.15, 0.2) is 5.82 Å². The van der Waals surface area contributed by atoms with Crippen molar-refractivity contribution < 1.29 is 0 Å². The van der Waals surface area contributed by atoms with Gasteiger partial charge < -0.3 is 5.73 Å².